The molecule has 1 unspecified atom stereocenters. The molecule has 0 aliphatic heterocycles. The van der Waals surface area contributed by atoms with Gasteiger partial charge in [0.15, 0.2) is 6.30 Å². The number of aromatic nitrogens is 1. The van der Waals surface area contributed by atoms with Gasteiger partial charge < -0.3 is 10.2 Å². The van der Waals surface area contributed by atoms with E-state index in [1.165, 1.54) is 39.1 Å². The maximum absolute atomic E-state index is 14.4. The molecule has 2 N–H and O–H groups in total. The zero-order valence-electron chi connectivity index (χ0n) is 20.2. The number of rotatable bonds is 9. The fourth-order valence-corrected chi connectivity index (χ4v) is 3.48. The quantitative estimate of drug-likeness (QED) is 0.390. The summed E-state index contributed by atoms with van der Waals surface area (Å²) in [5.74, 6) is -1.21. The van der Waals surface area contributed by atoms with Gasteiger partial charge in [-0.15, -0.1) is 0 Å². The third-order valence-electron chi connectivity index (χ3n) is 5.35. The molecule has 9 heteroatoms. The molecule has 0 aliphatic rings. The molecule has 0 saturated carbocycles. The number of carbonyl (C=O) groups is 1. The second-order valence-electron chi connectivity index (χ2n) is 8.24. The lowest BCUT2D eigenvalue weighted by atomic mass is 10.0. The van der Waals surface area contributed by atoms with Gasteiger partial charge in [0.2, 0.25) is 0 Å². The smallest absolute Gasteiger partial charge is 0.332 e. The number of alkyl halides is 1. The number of halogens is 2. The van der Waals surface area contributed by atoms with Gasteiger partial charge in [-0.2, -0.15) is 0 Å². The van der Waals surface area contributed by atoms with Gasteiger partial charge in [0, 0.05) is 19.9 Å². The first-order valence-electron chi connectivity index (χ1n) is 11.0. The van der Waals surface area contributed by atoms with Crippen molar-refractivity contribution >= 4 is 17.4 Å². The van der Waals surface area contributed by atoms with Crippen LogP contribution in [-0.4, -0.2) is 51.8 Å². The fraction of sp³-hybridized carbons (Fsp3) is 0.400. The Morgan fingerprint density at radius 1 is 1.26 bits per heavy atom. The molecule has 0 bridgehead atoms. The summed E-state index contributed by atoms with van der Waals surface area (Å²) in [6.45, 7) is 10.4. The van der Waals surface area contributed by atoms with Crippen LogP contribution in [0.15, 0.2) is 47.9 Å². The van der Waals surface area contributed by atoms with E-state index in [0.29, 0.717) is 29.8 Å². The molecule has 2 amide bonds. The van der Waals surface area contributed by atoms with Crippen LogP contribution in [-0.2, 0) is 6.42 Å². The van der Waals surface area contributed by atoms with E-state index in [4.69, 9.17) is 0 Å². The molecule has 34 heavy (non-hydrogen) atoms. The van der Waals surface area contributed by atoms with Crippen LogP contribution in [0.5, 0.6) is 5.75 Å². The molecular formula is C25H32F2N4O3. The van der Waals surface area contributed by atoms with Crippen LogP contribution in [0.3, 0.4) is 0 Å². The third-order valence-corrected chi connectivity index (χ3v) is 5.35. The van der Waals surface area contributed by atoms with Gasteiger partial charge in [-0.05, 0) is 56.4 Å². The highest BCUT2D eigenvalue weighted by Crippen LogP contribution is 2.34. The van der Waals surface area contributed by atoms with Crippen molar-refractivity contribution in [2.75, 3.05) is 18.6 Å². The number of hydrogen-bond acceptors (Lipinski definition) is 5. The first kappa shape index (κ1) is 26.9. The number of hydrogen-bond donors (Lipinski definition) is 2. The highest BCUT2D eigenvalue weighted by molar-refractivity contribution is 6.03. The number of aliphatic imine (C=N–C) groups is 1. The van der Waals surface area contributed by atoms with E-state index < -0.39 is 18.1 Å². The van der Waals surface area contributed by atoms with E-state index in [2.05, 4.69) is 16.6 Å². The Bertz CT molecular complexity index is 1050. The van der Waals surface area contributed by atoms with Gasteiger partial charge in [0.1, 0.15) is 17.4 Å². The number of phenols is 1. The SMILES string of the molecule is C=C(/N=C(\C)c1c(O)cccc1F)N(C(=O)N(C)C(C)F)c1c(CCCO)ccnc1C(C)C. The van der Waals surface area contributed by atoms with Gasteiger partial charge in [0.05, 0.1) is 22.7 Å². The molecule has 7 nitrogen and oxygen atoms in total. The van der Waals surface area contributed by atoms with E-state index in [1.54, 1.807) is 12.3 Å². The number of benzene rings is 1. The average molecular weight is 475 g/mol. The van der Waals surface area contributed by atoms with Crippen LogP contribution < -0.4 is 4.90 Å². The van der Waals surface area contributed by atoms with Crippen LogP contribution in [0.2, 0.25) is 0 Å². The number of phenolic OH excluding ortho intramolecular Hbond substituents is 1. The van der Waals surface area contributed by atoms with Crippen LogP contribution in [0.1, 0.15) is 56.9 Å². The van der Waals surface area contributed by atoms with Crippen molar-refractivity contribution in [2.24, 2.45) is 4.99 Å². The first-order chi connectivity index (χ1) is 16.0. The summed E-state index contributed by atoms with van der Waals surface area (Å²) in [4.78, 5) is 24.3. The molecule has 0 radical (unpaired) electrons. The lowest BCUT2D eigenvalue weighted by molar-refractivity contribution is 0.144. The van der Waals surface area contributed by atoms with E-state index in [9.17, 15) is 23.8 Å². The summed E-state index contributed by atoms with van der Waals surface area (Å²) in [7, 11) is 1.31. The number of aliphatic hydroxyl groups is 1. The number of pyridine rings is 1. The lowest BCUT2D eigenvalue weighted by Gasteiger charge is -2.32. The van der Waals surface area contributed by atoms with Crippen molar-refractivity contribution < 1.29 is 23.8 Å². The Kier molecular flexibility index (Phi) is 9.26. The first-order valence-corrected chi connectivity index (χ1v) is 11.0. The number of aromatic hydroxyl groups is 1. The molecule has 184 valence electrons. The van der Waals surface area contributed by atoms with Crippen LogP contribution in [0, 0.1) is 5.82 Å². The number of amides is 2. The number of carbonyl (C=O) groups excluding carboxylic acids is 1. The molecule has 1 aromatic heterocycles. The van der Waals surface area contributed by atoms with Gasteiger partial charge in [-0.25, -0.2) is 23.5 Å². The lowest BCUT2D eigenvalue weighted by Crippen LogP contribution is -2.44. The fourth-order valence-electron chi connectivity index (χ4n) is 3.48. The molecule has 1 atom stereocenters. The zero-order chi connectivity index (χ0) is 25.6. The normalized spacial score (nSPS) is 12.6. The van der Waals surface area contributed by atoms with Gasteiger partial charge in [-0.1, -0.05) is 26.5 Å². The molecule has 1 heterocycles. The Morgan fingerprint density at radius 2 is 1.94 bits per heavy atom. The number of urea groups is 1. The van der Waals surface area contributed by atoms with Crippen LogP contribution >= 0.6 is 0 Å². The molecule has 1 aromatic carbocycles. The molecule has 0 aliphatic carbocycles. The van der Waals surface area contributed by atoms with Crippen molar-refractivity contribution in [2.45, 2.75) is 52.8 Å². The van der Waals surface area contributed by atoms with Crippen molar-refractivity contribution in [1.29, 1.82) is 0 Å². The summed E-state index contributed by atoms with van der Waals surface area (Å²) < 4.78 is 28.6. The van der Waals surface area contributed by atoms with E-state index in [-0.39, 0.29) is 35.4 Å². The molecule has 0 fully saturated rings. The number of aryl methyl sites for hydroxylation is 1. The standard InChI is InChI=1S/C25H32F2N4O3/c1-15(2)23-24(19(9-8-14-32)12-13-28-23)31(25(34)30(6)17(4)26)18(5)29-16(3)22-20(27)10-7-11-21(22)33/h7,10-13,15,17,32-33H,5,8-9,14H2,1-4,6H3/b29-16+. The third kappa shape index (κ3) is 5.96. The summed E-state index contributed by atoms with van der Waals surface area (Å²) >= 11 is 0. The van der Waals surface area contributed by atoms with Crippen LogP contribution in [0.25, 0.3) is 0 Å². The monoisotopic (exact) mass is 474 g/mol. The van der Waals surface area contributed by atoms with Crippen molar-refractivity contribution in [1.82, 2.24) is 9.88 Å². The molecule has 2 aromatic rings. The Labute approximate surface area is 199 Å². The van der Waals surface area contributed by atoms with Gasteiger partial charge in [-0.3, -0.25) is 9.88 Å². The summed E-state index contributed by atoms with van der Waals surface area (Å²) in [6.07, 6.45) is 0.869. The van der Waals surface area contributed by atoms with Crippen molar-refractivity contribution in [3.05, 3.63) is 65.5 Å². The largest absolute Gasteiger partial charge is 0.507 e. The van der Waals surface area contributed by atoms with Gasteiger partial charge >= 0.3 is 6.03 Å². The van der Waals surface area contributed by atoms with Crippen molar-refractivity contribution in [3.63, 3.8) is 0 Å². The molecule has 0 spiro atoms. The van der Waals surface area contributed by atoms with Crippen LogP contribution in [0.4, 0.5) is 19.3 Å². The topological polar surface area (TPSA) is 89.3 Å². The predicted octanol–water partition coefficient (Wildman–Crippen LogP) is 5.13. The molecule has 2 rings (SSSR count). The Morgan fingerprint density at radius 3 is 2.50 bits per heavy atom. The van der Waals surface area contributed by atoms with E-state index in [1.807, 2.05) is 13.8 Å². The summed E-state index contributed by atoms with van der Waals surface area (Å²) in [6, 6.07) is 4.86. The maximum Gasteiger partial charge on any atom is 0.332 e. The molecule has 0 saturated heterocycles. The zero-order valence-corrected chi connectivity index (χ0v) is 20.2. The average Bonchev–Trinajstić information content (AvgIpc) is 2.77. The van der Waals surface area contributed by atoms with E-state index >= 15 is 0 Å². The minimum atomic E-state index is -1.61. The minimum Gasteiger partial charge on any atom is -0.507 e. The molecular weight excluding hydrogens is 442 g/mol. The van der Waals surface area contributed by atoms with E-state index in [0.717, 1.165) is 9.80 Å². The van der Waals surface area contributed by atoms with Gasteiger partial charge in [0.25, 0.3) is 0 Å². The Hall–Kier alpha value is -3.33. The highest BCUT2D eigenvalue weighted by atomic mass is 19.1. The summed E-state index contributed by atoms with van der Waals surface area (Å²) in [5.41, 5.74) is 1.61. The minimum absolute atomic E-state index is 0.0566. The number of nitrogens with zero attached hydrogens (tertiary/aromatic N) is 4. The second kappa shape index (κ2) is 11.7. The number of aliphatic hydroxyl groups excluding tert-OH is 1. The number of anilines is 1. The second-order valence-corrected chi connectivity index (χ2v) is 8.24. The Balaban J connectivity index is 2.73. The summed E-state index contributed by atoms with van der Waals surface area (Å²) in [5, 5.41) is 19.5. The predicted molar refractivity (Wildman–Crippen MR) is 129 cm³/mol. The highest BCUT2D eigenvalue weighted by Gasteiger charge is 2.30. The van der Waals surface area contributed by atoms with Crippen molar-refractivity contribution in [3.8, 4) is 5.75 Å². The maximum atomic E-state index is 14.4.